The van der Waals surface area contributed by atoms with Crippen molar-refractivity contribution in [2.45, 2.75) is 30.4 Å². The number of aryl methyl sites for hydroxylation is 1. The number of thioether (sulfide) groups is 1. The first-order chi connectivity index (χ1) is 11.0. The molecule has 2 rings (SSSR count). The molecule has 1 unspecified atom stereocenters. The summed E-state index contributed by atoms with van der Waals surface area (Å²) in [7, 11) is 0. The second kappa shape index (κ2) is 7.87. The van der Waals surface area contributed by atoms with Crippen LogP contribution in [-0.4, -0.2) is 28.8 Å². The highest BCUT2D eigenvalue weighted by Gasteiger charge is 2.20. The van der Waals surface area contributed by atoms with Crippen LogP contribution in [0.1, 0.15) is 28.6 Å². The zero-order chi connectivity index (χ0) is 16.8. The average Bonchev–Trinajstić information content (AvgIpc) is 2.86. The monoisotopic (exact) mass is 333 g/mol. The molecule has 1 amide bonds. The summed E-state index contributed by atoms with van der Waals surface area (Å²) in [5.74, 6) is -1.13. The van der Waals surface area contributed by atoms with Gasteiger partial charge in [-0.05, 0) is 19.1 Å². The van der Waals surface area contributed by atoms with E-state index in [0.717, 1.165) is 4.90 Å². The second-order valence-corrected chi connectivity index (χ2v) is 6.75. The van der Waals surface area contributed by atoms with Crippen molar-refractivity contribution in [2.24, 2.45) is 0 Å². The van der Waals surface area contributed by atoms with Gasteiger partial charge in [0.15, 0.2) is 0 Å². The van der Waals surface area contributed by atoms with Crippen molar-refractivity contribution in [1.82, 2.24) is 5.32 Å². The Labute approximate surface area is 139 Å². The third-order valence-corrected chi connectivity index (χ3v) is 4.33. The van der Waals surface area contributed by atoms with Crippen LogP contribution in [0, 0.1) is 6.92 Å². The SMILES string of the molecule is Cc1coc(CC(=O)O)c1C(=O)NCC(C)Sc1ccccc1. The zero-order valence-electron chi connectivity index (χ0n) is 13.0. The Kier molecular flexibility index (Phi) is 5.87. The number of carbonyl (C=O) groups excluding carboxylic acids is 1. The number of hydrogen-bond donors (Lipinski definition) is 2. The van der Waals surface area contributed by atoms with Crippen LogP contribution in [0.5, 0.6) is 0 Å². The Hall–Kier alpha value is -2.21. The summed E-state index contributed by atoms with van der Waals surface area (Å²) >= 11 is 1.67. The third-order valence-electron chi connectivity index (χ3n) is 3.22. The fourth-order valence-corrected chi connectivity index (χ4v) is 3.11. The Bertz CT molecular complexity index is 681. The van der Waals surface area contributed by atoms with E-state index in [-0.39, 0.29) is 23.3 Å². The number of carbonyl (C=O) groups is 2. The van der Waals surface area contributed by atoms with Gasteiger partial charge in [-0.1, -0.05) is 25.1 Å². The van der Waals surface area contributed by atoms with E-state index >= 15 is 0 Å². The van der Waals surface area contributed by atoms with Gasteiger partial charge in [0.05, 0.1) is 11.8 Å². The minimum atomic E-state index is -1.03. The second-order valence-electron chi connectivity index (χ2n) is 5.24. The van der Waals surface area contributed by atoms with Gasteiger partial charge >= 0.3 is 5.97 Å². The van der Waals surface area contributed by atoms with Crippen molar-refractivity contribution in [2.75, 3.05) is 6.54 Å². The minimum Gasteiger partial charge on any atom is -0.481 e. The Morgan fingerprint density at radius 2 is 2.00 bits per heavy atom. The molecule has 0 aliphatic heterocycles. The van der Waals surface area contributed by atoms with E-state index in [1.54, 1.807) is 18.7 Å². The van der Waals surface area contributed by atoms with Crippen LogP contribution in [0.25, 0.3) is 0 Å². The number of aliphatic carboxylic acids is 1. The first-order valence-corrected chi connectivity index (χ1v) is 8.14. The zero-order valence-corrected chi connectivity index (χ0v) is 13.9. The van der Waals surface area contributed by atoms with Gasteiger partial charge in [-0.2, -0.15) is 0 Å². The molecule has 2 N–H and O–H groups in total. The van der Waals surface area contributed by atoms with Gasteiger partial charge in [0.2, 0.25) is 0 Å². The van der Waals surface area contributed by atoms with Gasteiger partial charge in [0.1, 0.15) is 12.2 Å². The number of carboxylic acid groups (broad SMARTS) is 1. The van der Waals surface area contributed by atoms with Crippen LogP contribution in [0.3, 0.4) is 0 Å². The lowest BCUT2D eigenvalue weighted by molar-refractivity contribution is -0.136. The lowest BCUT2D eigenvalue weighted by atomic mass is 10.1. The largest absolute Gasteiger partial charge is 0.481 e. The van der Waals surface area contributed by atoms with E-state index in [2.05, 4.69) is 5.32 Å². The summed E-state index contributed by atoms with van der Waals surface area (Å²) in [4.78, 5) is 24.3. The minimum absolute atomic E-state index is 0.191. The molecule has 122 valence electrons. The molecule has 1 heterocycles. The number of furan rings is 1. The van der Waals surface area contributed by atoms with Crippen LogP contribution >= 0.6 is 11.8 Å². The highest BCUT2D eigenvalue weighted by atomic mass is 32.2. The van der Waals surface area contributed by atoms with E-state index in [0.29, 0.717) is 17.7 Å². The molecule has 0 saturated carbocycles. The van der Waals surface area contributed by atoms with Gasteiger partial charge in [0.25, 0.3) is 5.91 Å². The molecule has 0 aliphatic carbocycles. The van der Waals surface area contributed by atoms with Crippen LogP contribution in [-0.2, 0) is 11.2 Å². The predicted molar refractivity (Wildman–Crippen MR) is 88.9 cm³/mol. The number of amides is 1. The summed E-state index contributed by atoms with van der Waals surface area (Å²) in [5.41, 5.74) is 0.964. The summed E-state index contributed by atoms with van der Waals surface area (Å²) in [6.07, 6.45) is 1.11. The maximum Gasteiger partial charge on any atom is 0.311 e. The van der Waals surface area contributed by atoms with Crippen LogP contribution in [0.4, 0.5) is 0 Å². The Balaban J connectivity index is 1.94. The number of carboxylic acids is 1. The standard InChI is InChI=1S/C17H19NO4S/c1-11-10-22-14(8-15(19)20)16(11)17(21)18-9-12(2)23-13-6-4-3-5-7-13/h3-7,10,12H,8-9H2,1-2H3,(H,18,21)(H,19,20). The molecule has 0 aliphatic rings. The molecule has 0 radical (unpaired) electrons. The molecular weight excluding hydrogens is 314 g/mol. The van der Waals surface area contributed by atoms with Crippen molar-refractivity contribution in [3.05, 3.63) is 53.5 Å². The highest BCUT2D eigenvalue weighted by Crippen LogP contribution is 2.22. The Morgan fingerprint density at radius 3 is 2.65 bits per heavy atom. The van der Waals surface area contributed by atoms with E-state index < -0.39 is 5.97 Å². The molecule has 0 fully saturated rings. The van der Waals surface area contributed by atoms with Crippen molar-refractivity contribution in [3.8, 4) is 0 Å². The van der Waals surface area contributed by atoms with Crippen LogP contribution < -0.4 is 5.32 Å². The number of hydrogen-bond acceptors (Lipinski definition) is 4. The fourth-order valence-electron chi connectivity index (χ4n) is 2.17. The number of benzene rings is 1. The normalized spacial score (nSPS) is 11.9. The molecular formula is C17H19NO4S. The lowest BCUT2D eigenvalue weighted by Gasteiger charge is -2.12. The average molecular weight is 333 g/mol. The molecule has 0 spiro atoms. The number of rotatable bonds is 7. The van der Waals surface area contributed by atoms with Crippen molar-refractivity contribution in [1.29, 1.82) is 0 Å². The number of nitrogens with one attached hydrogen (secondary N) is 1. The van der Waals surface area contributed by atoms with E-state index in [9.17, 15) is 9.59 Å². The van der Waals surface area contributed by atoms with Crippen LogP contribution in [0.15, 0.2) is 45.9 Å². The topological polar surface area (TPSA) is 79.5 Å². The maximum atomic E-state index is 12.3. The molecule has 0 saturated heterocycles. The first kappa shape index (κ1) is 17.1. The summed E-state index contributed by atoms with van der Waals surface area (Å²) in [6, 6.07) is 9.95. The van der Waals surface area contributed by atoms with Gasteiger partial charge in [0, 0.05) is 22.3 Å². The van der Waals surface area contributed by atoms with Crippen molar-refractivity contribution in [3.63, 3.8) is 0 Å². The molecule has 23 heavy (non-hydrogen) atoms. The third kappa shape index (κ3) is 4.89. The van der Waals surface area contributed by atoms with Crippen molar-refractivity contribution >= 4 is 23.6 Å². The quantitative estimate of drug-likeness (QED) is 0.761. The van der Waals surface area contributed by atoms with Gasteiger partial charge in [-0.3, -0.25) is 9.59 Å². The molecule has 2 aromatic rings. The summed E-state index contributed by atoms with van der Waals surface area (Å²) < 4.78 is 5.18. The van der Waals surface area contributed by atoms with Gasteiger partial charge < -0.3 is 14.8 Å². The summed E-state index contributed by atoms with van der Waals surface area (Å²) in [6.45, 7) is 4.24. The van der Waals surface area contributed by atoms with E-state index in [4.69, 9.17) is 9.52 Å². The first-order valence-electron chi connectivity index (χ1n) is 7.26. The van der Waals surface area contributed by atoms with E-state index in [1.807, 2.05) is 37.3 Å². The van der Waals surface area contributed by atoms with Crippen LogP contribution in [0.2, 0.25) is 0 Å². The molecule has 5 nitrogen and oxygen atoms in total. The predicted octanol–water partition coefficient (Wildman–Crippen LogP) is 3.13. The molecule has 1 atom stereocenters. The smallest absolute Gasteiger partial charge is 0.311 e. The van der Waals surface area contributed by atoms with Gasteiger partial charge in [-0.25, -0.2) is 0 Å². The highest BCUT2D eigenvalue weighted by molar-refractivity contribution is 8.00. The Morgan fingerprint density at radius 1 is 1.30 bits per heavy atom. The molecule has 1 aromatic heterocycles. The maximum absolute atomic E-state index is 12.3. The fraction of sp³-hybridized carbons (Fsp3) is 0.294. The lowest BCUT2D eigenvalue weighted by Crippen LogP contribution is -2.30. The molecule has 1 aromatic carbocycles. The van der Waals surface area contributed by atoms with Gasteiger partial charge in [-0.15, -0.1) is 11.8 Å². The molecule has 0 bridgehead atoms. The van der Waals surface area contributed by atoms with E-state index in [1.165, 1.54) is 6.26 Å². The molecule has 6 heteroatoms. The summed E-state index contributed by atoms with van der Waals surface area (Å²) in [5, 5.41) is 11.9. The van der Waals surface area contributed by atoms with Crippen molar-refractivity contribution < 1.29 is 19.1 Å².